The minimum absolute atomic E-state index is 0.0893. The summed E-state index contributed by atoms with van der Waals surface area (Å²) in [6.45, 7) is 10.3. The first-order chi connectivity index (χ1) is 31.8. The smallest absolute Gasteiger partial charge is 0.315 e. The Morgan fingerprint density at radius 3 is 1.99 bits per heavy atom. The number of carbonyl (C=O) groups excluding carboxylic acids is 1. The van der Waals surface area contributed by atoms with Crippen LogP contribution in [-0.4, -0.2) is 191 Å². The number of ether oxygens (including phenoxy) is 6. The number of carbonyl (C=O) groups is 2. The Morgan fingerprint density at radius 2 is 1.32 bits per heavy atom. The molecule has 68 heavy (non-hydrogen) atoms. The number of allylic oxidation sites excluding steroid dienone is 2. The first kappa shape index (κ1) is 52.4. The molecule has 0 bridgehead atoms. The van der Waals surface area contributed by atoms with Gasteiger partial charge in [0.2, 0.25) is 6.29 Å². The Morgan fingerprint density at radius 1 is 0.691 bits per heavy atom. The van der Waals surface area contributed by atoms with Crippen molar-refractivity contribution in [1.29, 1.82) is 0 Å². The highest BCUT2D eigenvalue weighted by Crippen LogP contribution is 2.76. The van der Waals surface area contributed by atoms with Crippen molar-refractivity contribution >= 4 is 11.9 Å². The summed E-state index contributed by atoms with van der Waals surface area (Å²) >= 11 is 0. The van der Waals surface area contributed by atoms with Gasteiger partial charge in [-0.3, -0.25) is 9.59 Å². The molecule has 8 rings (SSSR count). The van der Waals surface area contributed by atoms with Crippen LogP contribution in [0.15, 0.2) is 11.6 Å². The highest BCUT2D eigenvalue weighted by atomic mass is 16.8. The molecule has 12 N–H and O–H groups in total. The molecule has 20 heteroatoms. The molecule has 0 aromatic heterocycles. The maximum absolute atomic E-state index is 15.0. The van der Waals surface area contributed by atoms with Crippen LogP contribution in [0.3, 0.4) is 0 Å². The summed E-state index contributed by atoms with van der Waals surface area (Å²) in [6.07, 6.45) is -18.1. The molecule has 4 saturated carbocycles. The van der Waals surface area contributed by atoms with E-state index in [0.717, 1.165) is 12.0 Å². The molecule has 25 atom stereocenters. The predicted octanol–water partition coefficient (Wildman–Crippen LogP) is -0.795. The summed E-state index contributed by atoms with van der Waals surface area (Å²) in [5.41, 5.74) is -2.97. The normalized spacial score (nSPS) is 54.8. The summed E-state index contributed by atoms with van der Waals surface area (Å²) < 4.78 is 34.6. The van der Waals surface area contributed by atoms with Gasteiger partial charge in [0.1, 0.15) is 67.1 Å². The zero-order valence-electron chi connectivity index (χ0n) is 39.9. The second-order valence-electron chi connectivity index (χ2n) is 23.1. The fourth-order valence-corrected chi connectivity index (χ4v) is 14.8. The van der Waals surface area contributed by atoms with Crippen LogP contribution in [0.4, 0.5) is 0 Å². The van der Waals surface area contributed by atoms with E-state index in [0.29, 0.717) is 57.8 Å². The Hall–Kier alpha value is -1.96. The molecule has 3 saturated heterocycles. The minimum Gasteiger partial charge on any atom is -0.481 e. The lowest BCUT2D eigenvalue weighted by Crippen LogP contribution is -2.67. The monoisotopic (exact) mass is 972 g/mol. The number of aliphatic carboxylic acids is 1. The number of esters is 1. The number of rotatable bonds is 10. The molecule has 388 valence electrons. The lowest BCUT2D eigenvalue weighted by atomic mass is 9.33. The van der Waals surface area contributed by atoms with Gasteiger partial charge >= 0.3 is 11.9 Å². The van der Waals surface area contributed by atoms with Gasteiger partial charge < -0.3 is 89.7 Å². The first-order valence-corrected chi connectivity index (χ1v) is 24.5. The third kappa shape index (κ3) is 7.94. The van der Waals surface area contributed by atoms with Crippen LogP contribution in [0.25, 0.3) is 0 Å². The molecule has 7 fully saturated rings. The van der Waals surface area contributed by atoms with E-state index >= 15 is 0 Å². The van der Waals surface area contributed by atoms with Gasteiger partial charge in [0.25, 0.3) is 0 Å². The number of carboxylic acid groups (broad SMARTS) is 1. The van der Waals surface area contributed by atoms with Crippen LogP contribution in [0, 0.1) is 50.2 Å². The summed E-state index contributed by atoms with van der Waals surface area (Å²) in [6, 6.07) is 0. The third-order valence-electron chi connectivity index (χ3n) is 19.6. The summed E-state index contributed by atoms with van der Waals surface area (Å²) in [5, 5.41) is 129. The van der Waals surface area contributed by atoms with Crippen molar-refractivity contribution in [3.05, 3.63) is 11.6 Å². The molecule has 5 aliphatic carbocycles. The molecule has 3 heterocycles. The van der Waals surface area contributed by atoms with E-state index in [1.807, 2.05) is 6.92 Å². The third-order valence-corrected chi connectivity index (χ3v) is 19.6. The lowest BCUT2D eigenvalue weighted by Gasteiger charge is -2.71. The van der Waals surface area contributed by atoms with Crippen molar-refractivity contribution in [3.8, 4) is 0 Å². The number of hydrogen-bond acceptors (Lipinski definition) is 19. The molecule has 0 spiro atoms. The summed E-state index contributed by atoms with van der Waals surface area (Å²) in [4.78, 5) is 27.8. The fraction of sp³-hybridized carbons (Fsp3) is 0.917. The number of fused-ring (bicyclic) bond motifs is 7. The van der Waals surface area contributed by atoms with Crippen molar-refractivity contribution in [1.82, 2.24) is 0 Å². The Labute approximate surface area is 396 Å². The molecule has 3 aliphatic heterocycles. The fourth-order valence-electron chi connectivity index (χ4n) is 14.8. The van der Waals surface area contributed by atoms with Crippen molar-refractivity contribution in [3.63, 3.8) is 0 Å². The zero-order valence-corrected chi connectivity index (χ0v) is 39.9. The van der Waals surface area contributed by atoms with Gasteiger partial charge in [-0.1, -0.05) is 39.3 Å². The van der Waals surface area contributed by atoms with Gasteiger partial charge in [-0.05, 0) is 117 Å². The van der Waals surface area contributed by atoms with Crippen LogP contribution in [0.2, 0.25) is 0 Å². The second kappa shape index (κ2) is 18.5. The van der Waals surface area contributed by atoms with E-state index in [-0.39, 0.29) is 29.3 Å². The minimum atomic E-state index is -1.90. The standard InChI is InChI=1S/C48H76O20/c1-21-29(52)31(54)34(57)39(64-21)67-37-24(18-49)65-38(36(59)33(37)56)63-19-25-30(53)32(55)35(58)40(66-25)68-42(62)48-15-13-43(2,20-50)17-23(48)22-7-8-26-44(3)11-10-28(51)47(6,41(60)61)27(44)9-12-46(26,5)45(22,4)14-16-48/h7,21,23-40,49-59H,8-20H2,1-6H3,(H,60,61)/t21-,23-,24+,25+,26-,27-,28+,29-,30+,31+,32-,33+,34-,35+,36+,37+,38+,39+,40-,43-,44-,45-,46+,47+,48+/m0/s1. The van der Waals surface area contributed by atoms with Crippen molar-refractivity contribution in [2.24, 2.45) is 50.2 Å². The summed E-state index contributed by atoms with van der Waals surface area (Å²) in [7, 11) is 0. The molecule has 8 aliphatic rings. The number of aliphatic hydroxyl groups is 11. The number of hydrogen-bond donors (Lipinski definition) is 12. The number of carboxylic acids is 1. The van der Waals surface area contributed by atoms with Gasteiger partial charge in [-0.2, -0.15) is 0 Å². The second-order valence-corrected chi connectivity index (χ2v) is 23.1. The Kier molecular flexibility index (Phi) is 14.3. The summed E-state index contributed by atoms with van der Waals surface area (Å²) in [5.74, 6) is -2.20. The maximum atomic E-state index is 15.0. The van der Waals surface area contributed by atoms with Crippen LogP contribution >= 0.6 is 0 Å². The van der Waals surface area contributed by atoms with E-state index in [1.54, 1.807) is 6.92 Å². The number of aliphatic hydroxyl groups excluding tert-OH is 11. The largest absolute Gasteiger partial charge is 0.481 e. The van der Waals surface area contributed by atoms with Crippen LogP contribution < -0.4 is 0 Å². The van der Waals surface area contributed by atoms with Gasteiger partial charge in [0, 0.05) is 6.61 Å². The molecule has 0 amide bonds. The van der Waals surface area contributed by atoms with Crippen LogP contribution in [0.1, 0.15) is 106 Å². The Balaban J connectivity index is 0.991. The zero-order chi connectivity index (χ0) is 49.8. The van der Waals surface area contributed by atoms with Crippen LogP contribution in [0.5, 0.6) is 0 Å². The lowest BCUT2D eigenvalue weighted by molar-refractivity contribution is -0.361. The predicted molar refractivity (Wildman–Crippen MR) is 232 cm³/mol. The van der Waals surface area contributed by atoms with E-state index in [2.05, 4.69) is 26.8 Å². The van der Waals surface area contributed by atoms with Crippen molar-refractivity contribution < 1.29 is 99.3 Å². The van der Waals surface area contributed by atoms with Gasteiger partial charge in [0.15, 0.2) is 12.6 Å². The molecule has 20 nitrogen and oxygen atoms in total. The molecular weight excluding hydrogens is 897 g/mol. The van der Waals surface area contributed by atoms with Gasteiger partial charge in [-0.15, -0.1) is 0 Å². The van der Waals surface area contributed by atoms with E-state index in [4.69, 9.17) is 28.4 Å². The van der Waals surface area contributed by atoms with Crippen molar-refractivity contribution in [2.75, 3.05) is 19.8 Å². The van der Waals surface area contributed by atoms with Gasteiger partial charge in [0.05, 0.1) is 36.3 Å². The molecule has 0 aromatic carbocycles. The van der Waals surface area contributed by atoms with E-state index in [9.17, 15) is 70.9 Å². The highest BCUT2D eigenvalue weighted by molar-refractivity contribution is 5.79. The first-order valence-electron chi connectivity index (χ1n) is 24.5. The average Bonchev–Trinajstić information content (AvgIpc) is 3.30. The van der Waals surface area contributed by atoms with Gasteiger partial charge in [-0.25, -0.2) is 0 Å². The molecular formula is C48H76O20. The van der Waals surface area contributed by atoms with E-state index < -0.39 is 151 Å². The maximum Gasteiger partial charge on any atom is 0.315 e. The highest BCUT2D eigenvalue weighted by Gasteiger charge is 2.71. The van der Waals surface area contributed by atoms with Crippen molar-refractivity contribution in [2.45, 2.75) is 204 Å². The quantitative estimate of drug-likeness (QED) is 0.0942. The topological polar surface area (TPSA) is 332 Å². The van der Waals surface area contributed by atoms with Crippen LogP contribution in [-0.2, 0) is 38.0 Å². The van der Waals surface area contributed by atoms with E-state index in [1.165, 1.54) is 6.92 Å². The SMILES string of the molecule is C[C@@H]1O[C@H](O[C@H]2[C@H](O)[C@@H](O)[C@H](OC[C@H]3O[C@@H](OC(=O)[C@@]45CC[C@](C)(CO)C[C@H]4C4=CC[C@H]6[C@]7(C)CC[C@@H](O)[C@](C)(C(=O)O)[C@H]7CC[C@@]6(C)[C@@]4(C)CC5)[C@H](O)[C@@H](O)[C@@H]3O)O[C@@H]2CO)[C@@H](O)[C@H](O)[C@H]1O. The molecule has 0 unspecified atom stereocenters. The Bertz CT molecular complexity index is 1900. The molecule has 0 radical (unpaired) electrons. The molecule has 0 aromatic rings. The average molecular weight is 973 g/mol.